The monoisotopic (exact) mass is 564 g/mol. The summed E-state index contributed by atoms with van der Waals surface area (Å²) in [7, 11) is 1.25. The normalized spacial score (nSPS) is 25.6. The molecule has 0 saturated carbocycles. The summed E-state index contributed by atoms with van der Waals surface area (Å²) in [6.07, 6.45) is -2.57. The summed E-state index contributed by atoms with van der Waals surface area (Å²) in [6, 6.07) is 13.4. The summed E-state index contributed by atoms with van der Waals surface area (Å²) >= 11 is 5.75. The van der Waals surface area contributed by atoms with E-state index in [4.69, 9.17) is 36.1 Å². The third-order valence-corrected chi connectivity index (χ3v) is 8.63. The summed E-state index contributed by atoms with van der Waals surface area (Å²) in [6.45, 7) is -0.953. The second-order valence-electron chi connectivity index (χ2n) is 8.98. The average Bonchev–Trinajstić information content (AvgIpc) is 3.10. The number of aromatic nitrogens is 2. The lowest BCUT2D eigenvalue weighted by Gasteiger charge is -2.28. The minimum Gasteiger partial charge on any atom is -0.468 e. The molecule has 6 atom stereocenters. The van der Waals surface area contributed by atoms with E-state index >= 15 is 0 Å². The highest BCUT2D eigenvalue weighted by Crippen LogP contribution is 2.48. The van der Waals surface area contributed by atoms with Gasteiger partial charge in [-0.25, -0.2) is 9.88 Å². The number of carbonyl (C=O) groups excluding carboxylic acids is 1. The van der Waals surface area contributed by atoms with Crippen LogP contribution in [0.15, 0.2) is 59.5 Å². The fraction of sp³-hybridized carbons (Fsp3) is 0.375. The molecule has 12 nitrogen and oxygen atoms in total. The molecule has 0 spiro atoms. The number of hydrogen-bond donors (Lipinski definition) is 4. The van der Waals surface area contributed by atoms with Crippen molar-refractivity contribution in [1.82, 2.24) is 14.6 Å². The Morgan fingerprint density at radius 2 is 2.03 bits per heavy atom. The molecule has 1 aromatic heterocycles. The van der Waals surface area contributed by atoms with Crippen LogP contribution >= 0.6 is 6.64 Å². The topological polar surface area (TPSA) is 167 Å². The molecule has 0 aliphatic carbocycles. The molecule has 14 heteroatoms. The molecule has 1 aliphatic rings. The van der Waals surface area contributed by atoms with Gasteiger partial charge in [0.25, 0.3) is 0 Å². The summed E-state index contributed by atoms with van der Waals surface area (Å²) in [4.78, 5) is 28.1. The van der Waals surface area contributed by atoms with E-state index in [0.717, 1.165) is 15.3 Å². The van der Waals surface area contributed by atoms with Gasteiger partial charge < -0.3 is 34.5 Å². The van der Waals surface area contributed by atoms with E-state index < -0.39 is 48.4 Å². The number of methoxy groups -OCH3 is 1. The molecule has 4 rings (SSSR count). The molecule has 3 aromatic rings. The Hall–Kier alpha value is -2.90. The Kier molecular flexibility index (Phi) is 8.19. The Morgan fingerprint density at radius 1 is 1.32 bits per heavy atom. The number of benzene rings is 2. The number of esters is 1. The first-order valence-corrected chi connectivity index (χ1v) is 14.3. The van der Waals surface area contributed by atoms with Crippen LogP contribution in [-0.2, 0) is 30.6 Å². The van der Waals surface area contributed by atoms with Gasteiger partial charge in [-0.2, -0.15) is 4.98 Å². The maximum absolute atomic E-state index is 12.4. The van der Waals surface area contributed by atoms with Crippen LogP contribution in [0.25, 0.3) is 10.8 Å². The van der Waals surface area contributed by atoms with Gasteiger partial charge in [0.2, 0.25) is 0 Å². The summed E-state index contributed by atoms with van der Waals surface area (Å²) in [5.74, 6) is -0.158. The van der Waals surface area contributed by atoms with Gasteiger partial charge in [0.1, 0.15) is 35.4 Å². The van der Waals surface area contributed by atoms with Crippen molar-refractivity contribution in [2.75, 3.05) is 19.5 Å². The fourth-order valence-corrected chi connectivity index (χ4v) is 6.53. The standard InChI is InChI=1S/C24H29N4O8PS/c1-14(21(30)33-3)27-37(38,36-17-10-6-8-15-7-4-5-9-16(15)17)34-13-18-20(29)24(2,32)22(35-18)28-12-11-19(25)26-23(28)31/h4-12,14,18,20,22,29,32H,13H2,1-3H3,(H,27,38)(H2,25,26,31)/t14?,18-,20+,22-,24?,37?/m1/s1. The van der Waals surface area contributed by atoms with E-state index in [1.165, 1.54) is 26.3 Å². The Balaban J connectivity index is 1.59. The first-order chi connectivity index (χ1) is 17.9. The molecule has 2 aromatic carbocycles. The van der Waals surface area contributed by atoms with Crippen molar-refractivity contribution >= 4 is 41.0 Å². The van der Waals surface area contributed by atoms with Crippen molar-refractivity contribution in [1.29, 1.82) is 0 Å². The van der Waals surface area contributed by atoms with Crippen molar-refractivity contribution in [2.24, 2.45) is 0 Å². The smallest absolute Gasteiger partial charge is 0.351 e. The van der Waals surface area contributed by atoms with E-state index in [2.05, 4.69) is 10.1 Å². The number of hydrogen-bond acceptors (Lipinski definition) is 11. The summed E-state index contributed by atoms with van der Waals surface area (Å²) in [5, 5.41) is 26.4. The van der Waals surface area contributed by atoms with Crippen molar-refractivity contribution in [3.63, 3.8) is 0 Å². The van der Waals surface area contributed by atoms with Crippen molar-refractivity contribution in [3.05, 3.63) is 65.2 Å². The molecule has 3 unspecified atom stereocenters. The Labute approximate surface area is 223 Å². The van der Waals surface area contributed by atoms with E-state index in [9.17, 15) is 19.8 Å². The number of nitrogen functional groups attached to an aromatic ring is 1. The second kappa shape index (κ2) is 11.1. The second-order valence-corrected chi connectivity index (χ2v) is 12.1. The van der Waals surface area contributed by atoms with Crippen molar-refractivity contribution in [3.8, 4) is 5.75 Å². The van der Waals surface area contributed by atoms with Gasteiger partial charge in [0, 0.05) is 11.6 Å². The highest BCUT2D eigenvalue weighted by atomic mass is 32.5. The first-order valence-electron chi connectivity index (χ1n) is 11.6. The van der Waals surface area contributed by atoms with E-state index in [0.29, 0.717) is 5.75 Å². The van der Waals surface area contributed by atoms with Crippen LogP contribution in [0.1, 0.15) is 20.1 Å². The third kappa shape index (κ3) is 5.74. The number of ether oxygens (including phenoxy) is 2. The van der Waals surface area contributed by atoms with Gasteiger partial charge in [0.15, 0.2) is 6.23 Å². The molecule has 0 radical (unpaired) electrons. The van der Waals surface area contributed by atoms with Gasteiger partial charge in [-0.15, -0.1) is 0 Å². The molecule has 5 N–H and O–H groups in total. The Morgan fingerprint density at radius 3 is 2.74 bits per heavy atom. The quantitative estimate of drug-likeness (QED) is 0.219. The van der Waals surface area contributed by atoms with Crippen LogP contribution in [0.5, 0.6) is 5.75 Å². The number of fused-ring (bicyclic) bond motifs is 1. The zero-order valence-electron chi connectivity index (χ0n) is 20.9. The molecule has 204 valence electrons. The zero-order chi connectivity index (χ0) is 27.7. The minimum atomic E-state index is -3.49. The van der Waals surface area contributed by atoms with Crippen molar-refractivity contribution < 1.29 is 33.5 Å². The predicted molar refractivity (Wildman–Crippen MR) is 143 cm³/mol. The summed E-state index contributed by atoms with van der Waals surface area (Å²) < 4.78 is 23.8. The largest absolute Gasteiger partial charge is 0.468 e. The minimum absolute atomic E-state index is 0.00129. The number of nitrogens with two attached hydrogens (primary N) is 1. The molecule has 38 heavy (non-hydrogen) atoms. The van der Waals surface area contributed by atoms with Crippen LogP contribution in [0.3, 0.4) is 0 Å². The van der Waals surface area contributed by atoms with E-state index in [1.54, 1.807) is 19.1 Å². The lowest BCUT2D eigenvalue weighted by molar-refractivity contribution is -0.142. The number of rotatable bonds is 9. The number of anilines is 1. The van der Waals surface area contributed by atoms with Crippen LogP contribution in [-0.4, -0.2) is 63.3 Å². The predicted octanol–water partition coefficient (Wildman–Crippen LogP) is 1.46. The third-order valence-electron chi connectivity index (χ3n) is 6.14. The number of nitrogens with zero attached hydrogens (tertiary/aromatic N) is 2. The molecular formula is C24H29N4O8PS. The summed E-state index contributed by atoms with van der Waals surface area (Å²) in [5.41, 5.74) is 2.90. The highest BCUT2D eigenvalue weighted by molar-refractivity contribution is 8.09. The van der Waals surface area contributed by atoms with Crippen LogP contribution in [0.2, 0.25) is 0 Å². The molecule has 0 amide bonds. The van der Waals surface area contributed by atoms with Crippen LogP contribution in [0.4, 0.5) is 5.82 Å². The zero-order valence-corrected chi connectivity index (χ0v) is 22.6. The van der Waals surface area contributed by atoms with Gasteiger partial charge in [-0.05, 0) is 43.2 Å². The van der Waals surface area contributed by atoms with Gasteiger partial charge in [0.05, 0.1) is 13.7 Å². The molecular weight excluding hydrogens is 535 g/mol. The van der Waals surface area contributed by atoms with Gasteiger partial charge in [-0.3, -0.25) is 9.36 Å². The highest BCUT2D eigenvalue weighted by Gasteiger charge is 2.54. The number of aliphatic hydroxyl groups is 2. The lowest BCUT2D eigenvalue weighted by atomic mass is 9.96. The maximum Gasteiger partial charge on any atom is 0.351 e. The molecule has 1 fully saturated rings. The Bertz CT molecular complexity index is 1430. The van der Waals surface area contributed by atoms with Gasteiger partial charge >= 0.3 is 18.3 Å². The molecule has 1 aliphatic heterocycles. The van der Waals surface area contributed by atoms with Crippen LogP contribution < -0.4 is 21.0 Å². The fourth-order valence-electron chi connectivity index (χ4n) is 4.12. The van der Waals surface area contributed by atoms with E-state index in [1.807, 2.05) is 30.3 Å². The number of nitrogens with one attached hydrogen (secondary N) is 1. The van der Waals surface area contributed by atoms with E-state index in [-0.39, 0.29) is 12.4 Å². The first kappa shape index (κ1) is 28.1. The van der Waals surface area contributed by atoms with Gasteiger partial charge in [-0.1, -0.05) is 36.4 Å². The average molecular weight is 565 g/mol. The van der Waals surface area contributed by atoms with Crippen LogP contribution in [0, 0.1) is 0 Å². The van der Waals surface area contributed by atoms with Crippen molar-refractivity contribution in [2.45, 2.75) is 43.9 Å². The molecule has 2 heterocycles. The number of aliphatic hydroxyl groups excluding tert-OH is 1. The molecule has 0 bridgehead atoms. The molecule has 1 saturated heterocycles. The lowest BCUT2D eigenvalue weighted by Crippen LogP contribution is -2.46. The number of carbonyl (C=O) groups is 1. The maximum atomic E-state index is 12.4. The SMILES string of the molecule is COC(=O)C(C)NP(=S)(OC[C@H]1O[C@@H](n2ccc(N)nc2=O)C(C)(O)[C@H]1O)Oc1cccc2ccccc12.